The minimum atomic E-state index is -1.03. The van der Waals surface area contributed by atoms with Gasteiger partial charge in [-0.1, -0.05) is 6.07 Å². The Bertz CT molecular complexity index is 1210. The van der Waals surface area contributed by atoms with Crippen LogP contribution in [0, 0.1) is 10.1 Å². The second kappa shape index (κ2) is 8.38. The highest BCUT2D eigenvalue weighted by Gasteiger charge is 2.48. The zero-order chi connectivity index (χ0) is 22.8. The van der Waals surface area contributed by atoms with E-state index in [1.807, 2.05) is 6.92 Å². The number of nitro groups is 1. The average Bonchev–Trinajstić information content (AvgIpc) is 3.41. The summed E-state index contributed by atoms with van der Waals surface area (Å²) in [5.41, 5.74) is 0.202. The largest absolute Gasteiger partial charge is 0.507 e. The van der Waals surface area contributed by atoms with E-state index in [2.05, 4.69) is 0 Å². The Morgan fingerprint density at radius 2 is 1.91 bits per heavy atom. The molecular weight excluding hydrogens is 416 g/mol. The monoisotopic (exact) mass is 434 g/mol. The summed E-state index contributed by atoms with van der Waals surface area (Å²) in [6, 6.07) is 13.9. The highest BCUT2D eigenvalue weighted by Crippen LogP contribution is 2.43. The first-order valence-electron chi connectivity index (χ1n) is 9.74. The fourth-order valence-electron chi connectivity index (χ4n) is 3.60. The number of hydrogen-bond acceptors (Lipinski definition) is 7. The number of ether oxygens (including phenoxy) is 1. The van der Waals surface area contributed by atoms with E-state index in [-0.39, 0.29) is 22.6 Å². The molecule has 9 nitrogen and oxygen atoms in total. The minimum absolute atomic E-state index is 0.160. The fraction of sp³-hybridized carbons (Fsp3) is 0.130. The predicted octanol–water partition coefficient (Wildman–Crippen LogP) is 4.21. The highest BCUT2D eigenvalue weighted by atomic mass is 16.6. The summed E-state index contributed by atoms with van der Waals surface area (Å²) in [5.74, 6) is -1.41. The van der Waals surface area contributed by atoms with E-state index in [9.17, 15) is 24.8 Å². The number of nitro benzene ring substituents is 1. The normalized spacial score (nSPS) is 17.5. The summed E-state index contributed by atoms with van der Waals surface area (Å²) in [4.78, 5) is 37.6. The Balaban J connectivity index is 1.86. The summed E-state index contributed by atoms with van der Waals surface area (Å²) in [6.07, 6.45) is 1.40. The van der Waals surface area contributed by atoms with E-state index < -0.39 is 28.4 Å². The molecule has 0 bridgehead atoms. The van der Waals surface area contributed by atoms with Crippen LogP contribution in [0.4, 0.5) is 11.4 Å². The summed E-state index contributed by atoms with van der Waals surface area (Å²) in [7, 11) is 0. The fourth-order valence-corrected chi connectivity index (χ4v) is 3.60. The van der Waals surface area contributed by atoms with Gasteiger partial charge in [-0.25, -0.2) is 0 Å². The van der Waals surface area contributed by atoms with Gasteiger partial charge in [-0.05, 0) is 43.3 Å². The third kappa shape index (κ3) is 3.60. The molecule has 0 saturated carbocycles. The lowest BCUT2D eigenvalue weighted by Crippen LogP contribution is -2.29. The number of aliphatic hydroxyl groups is 1. The predicted molar refractivity (Wildman–Crippen MR) is 114 cm³/mol. The first-order chi connectivity index (χ1) is 15.4. The number of ketones is 1. The van der Waals surface area contributed by atoms with Gasteiger partial charge in [0.1, 0.15) is 23.3 Å². The van der Waals surface area contributed by atoms with Crippen molar-refractivity contribution in [1.29, 1.82) is 0 Å². The number of aliphatic hydroxyl groups excluding tert-OH is 1. The van der Waals surface area contributed by atoms with Gasteiger partial charge < -0.3 is 14.3 Å². The molecule has 1 unspecified atom stereocenters. The van der Waals surface area contributed by atoms with Gasteiger partial charge in [0.2, 0.25) is 0 Å². The number of non-ortho nitro benzene ring substituents is 1. The third-order valence-corrected chi connectivity index (χ3v) is 5.02. The number of carbonyl (C=O) groups excluding carboxylic acids is 2. The number of furan rings is 1. The molecule has 2 aromatic carbocycles. The SMILES string of the molecule is CCOc1cccc(N2C(=O)C(=O)/C(=C(\O)c3ccc([N+](=O)[O-])cc3)C2c2ccco2)c1. The highest BCUT2D eigenvalue weighted by molar-refractivity contribution is 6.51. The van der Waals surface area contributed by atoms with Crippen molar-refractivity contribution >= 4 is 28.8 Å². The molecule has 1 aromatic heterocycles. The van der Waals surface area contributed by atoms with Crippen molar-refractivity contribution in [3.8, 4) is 5.75 Å². The lowest BCUT2D eigenvalue weighted by molar-refractivity contribution is -0.384. The van der Waals surface area contributed by atoms with E-state index in [4.69, 9.17) is 9.15 Å². The lowest BCUT2D eigenvalue weighted by atomic mass is 9.99. The zero-order valence-corrected chi connectivity index (χ0v) is 16.9. The van der Waals surface area contributed by atoms with Crippen LogP contribution in [0.15, 0.2) is 76.9 Å². The molecule has 0 aliphatic carbocycles. The topological polar surface area (TPSA) is 123 Å². The molecule has 1 saturated heterocycles. The molecule has 1 aliphatic rings. The number of nitrogens with zero attached hydrogens (tertiary/aromatic N) is 2. The van der Waals surface area contributed by atoms with Gasteiger partial charge in [-0.2, -0.15) is 0 Å². The third-order valence-electron chi connectivity index (χ3n) is 5.02. The van der Waals surface area contributed by atoms with E-state index in [1.165, 1.54) is 35.4 Å². The van der Waals surface area contributed by atoms with Crippen LogP contribution in [0.3, 0.4) is 0 Å². The molecule has 0 radical (unpaired) electrons. The number of rotatable bonds is 6. The van der Waals surface area contributed by atoms with Gasteiger partial charge in [0.05, 0.1) is 23.4 Å². The van der Waals surface area contributed by atoms with Gasteiger partial charge >= 0.3 is 0 Å². The number of anilines is 1. The van der Waals surface area contributed by atoms with Crippen molar-refractivity contribution in [2.75, 3.05) is 11.5 Å². The second-order valence-corrected chi connectivity index (χ2v) is 6.92. The van der Waals surface area contributed by atoms with Crippen molar-refractivity contribution in [3.05, 3.63) is 93.9 Å². The van der Waals surface area contributed by atoms with E-state index >= 15 is 0 Å². The number of Topliss-reactive ketones (excluding diaryl/α,β-unsaturated/α-hetero) is 1. The maximum absolute atomic E-state index is 13.0. The molecule has 4 rings (SSSR count). The van der Waals surface area contributed by atoms with Crippen molar-refractivity contribution in [2.45, 2.75) is 13.0 Å². The smallest absolute Gasteiger partial charge is 0.300 e. The Labute approximate surface area is 182 Å². The maximum Gasteiger partial charge on any atom is 0.300 e. The second-order valence-electron chi connectivity index (χ2n) is 6.92. The van der Waals surface area contributed by atoms with Crippen LogP contribution in [-0.4, -0.2) is 28.3 Å². The van der Waals surface area contributed by atoms with Crippen molar-refractivity contribution < 1.29 is 28.8 Å². The minimum Gasteiger partial charge on any atom is -0.507 e. The van der Waals surface area contributed by atoms with E-state index in [0.717, 1.165) is 0 Å². The molecule has 3 aromatic rings. The van der Waals surface area contributed by atoms with E-state index in [0.29, 0.717) is 18.0 Å². The lowest BCUT2D eigenvalue weighted by Gasteiger charge is -2.23. The quantitative estimate of drug-likeness (QED) is 0.203. The Morgan fingerprint density at radius 3 is 2.53 bits per heavy atom. The summed E-state index contributed by atoms with van der Waals surface area (Å²) in [6.45, 7) is 2.25. The molecule has 1 atom stereocenters. The number of hydrogen-bond donors (Lipinski definition) is 1. The first kappa shape index (κ1) is 20.9. The van der Waals surface area contributed by atoms with Gasteiger partial charge in [-0.3, -0.25) is 24.6 Å². The van der Waals surface area contributed by atoms with Gasteiger partial charge in [0, 0.05) is 29.4 Å². The summed E-state index contributed by atoms with van der Waals surface area (Å²) in [5, 5.41) is 21.9. The molecule has 162 valence electrons. The van der Waals surface area contributed by atoms with Gasteiger partial charge in [0.25, 0.3) is 17.4 Å². The summed E-state index contributed by atoms with van der Waals surface area (Å²) < 4.78 is 11.0. The number of amides is 1. The Morgan fingerprint density at radius 1 is 1.16 bits per heavy atom. The number of carbonyl (C=O) groups is 2. The Kier molecular flexibility index (Phi) is 5.46. The van der Waals surface area contributed by atoms with Crippen molar-refractivity contribution in [1.82, 2.24) is 0 Å². The average molecular weight is 434 g/mol. The van der Waals surface area contributed by atoms with Crippen LogP contribution in [0.2, 0.25) is 0 Å². The van der Waals surface area contributed by atoms with Crippen molar-refractivity contribution in [3.63, 3.8) is 0 Å². The molecule has 2 heterocycles. The molecule has 9 heteroatoms. The first-order valence-corrected chi connectivity index (χ1v) is 9.74. The number of benzene rings is 2. The molecule has 1 aliphatic heterocycles. The van der Waals surface area contributed by atoms with Crippen LogP contribution in [0.5, 0.6) is 5.75 Å². The van der Waals surface area contributed by atoms with E-state index in [1.54, 1.807) is 36.4 Å². The molecule has 1 N–H and O–H groups in total. The van der Waals surface area contributed by atoms with Crippen LogP contribution in [-0.2, 0) is 9.59 Å². The molecule has 1 amide bonds. The molecular formula is C23H18N2O7. The standard InChI is InChI=1S/C23H18N2O7/c1-2-31-17-6-3-5-16(13-17)24-20(18-7-4-12-32-18)19(22(27)23(24)28)21(26)14-8-10-15(11-9-14)25(29)30/h3-13,20,26H,2H2,1H3/b21-19-. The molecule has 0 spiro atoms. The van der Waals surface area contributed by atoms with Crippen LogP contribution < -0.4 is 9.64 Å². The maximum atomic E-state index is 13.0. The molecule has 1 fully saturated rings. The van der Waals surface area contributed by atoms with Gasteiger partial charge in [-0.15, -0.1) is 0 Å². The zero-order valence-electron chi connectivity index (χ0n) is 16.9. The van der Waals surface area contributed by atoms with Crippen LogP contribution >= 0.6 is 0 Å². The Hall–Kier alpha value is -4.40. The summed E-state index contributed by atoms with van der Waals surface area (Å²) >= 11 is 0. The van der Waals surface area contributed by atoms with Gasteiger partial charge in [0.15, 0.2) is 0 Å². The van der Waals surface area contributed by atoms with Crippen LogP contribution in [0.25, 0.3) is 5.76 Å². The molecule has 32 heavy (non-hydrogen) atoms. The van der Waals surface area contributed by atoms with Crippen molar-refractivity contribution in [2.24, 2.45) is 0 Å². The van der Waals surface area contributed by atoms with Crippen LogP contribution in [0.1, 0.15) is 24.3 Å².